The highest BCUT2D eigenvalue weighted by molar-refractivity contribution is 7.22. The van der Waals surface area contributed by atoms with Gasteiger partial charge in [-0.05, 0) is 92.0 Å². The van der Waals surface area contributed by atoms with Crippen LogP contribution in [0.25, 0.3) is 64.6 Å². The Morgan fingerprint density at radius 2 is 1.10 bits per heavy atom. The van der Waals surface area contributed by atoms with E-state index in [2.05, 4.69) is 189 Å². The van der Waals surface area contributed by atoms with Crippen LogP contribution in [0.2, 0.25) is 0 Å². The van der Waals surface area contributed by atoms with Gasteiger partial charge in [-0.15, -0.1) is 11.3 Å². The minimum absolute atomic E-state index is 0.201. The molecule has 0 N–H and O–H groups in total. The lowest BCUT2D eigenvalue weighted by Gasteiger charge is -2.28. The number of benzene rings is 8. The molecule has 0 bridgehead atoms. The molecule has 1 aliphatic carbocycles. The molecule has 0 saturated heterocycles. The number of fused-ring (bicyclic) bond motifs is 8. The second-order valence-electron chi connectivity index (χ2n) is 14.0. The monoisotopic (exact) mass is 670 g/mol. The largest absolute Gasteiger partial charge is 0.310 e. The average molecular weight is 671 g/mol. The van der Waals surface area contributed by atoms with E-state index in [4.69, 9.17) is 4.98 Å². The zero-order chi connectivity index (χ0) is 34.1. The van der Waals surface area contributed by atoms with Gasteiger partial charge in [0.05, 0.1) is 10.2 Å². The molecule has 0 aliphatic heterocycles. The Kier molecular flexibility index (Phi) is 6.74. The van der Waals surface area contributed by atoms with Crippen LogP contribution in [0.1, 0.15) is 25.0 Å². The van der Waals surface area contributed by atoms with Crippen molar-refractivity contribution in [3.63, 3.8) is 0 Å². The quantitative estimate of drug-likeness (QED) is 0.181. The summed E-state index contributed by atoms with van der Waals surface area (Å²) in [6, 6.07) is 61.7. The molecule has 1 aliphatic rings. The van der Waals surface area contributed by atoms with Crippen LogP contribution in [0.15, 0.2) is 170 Å². The van der Waals surface area contributed by atoms with Crippen LogP contribution in [0.3, 0.4) is 0 Å². The van der Waals surface area contributed by atoms with Crippen LogP contribution in [-0.4, -0.2) is 4.98 Å². The van der Waals surface area contributed by atoms with Crippen molar-refractivity contribution < 1.29 is 0 Å². The van der Waals surface area contributed by atoms with Gasteiger partial charge in [0, 0.05) is 33.4 Å². The van der Waals surface area contributed by atoms with Crippen molar-refractivity contribution >= 4 is 60.2 Å². The lowest BCUT2D eigenvalue weighted by molar-refractivity contribution is 0.666. The molecule has 0 saturated carbocycles. The predicted molar refractivity (Wildman–Crippen MR) is 218 cm³/mol. The summed E-state index contributed by atoms with van der Waals surface area (Å²) >= 11 is 1.79. The molecule has 0 unspecified atom stereocenters. The van der Waals surface area contributed by atoms with Crippen molar-refractivity contribution in [2.24, 2.45) is 0 Å². The van der Waals surface area contributed by atoms with Gasteiger partial charge in [-0.25, -0.2) is 4.98 Å². The molecule has 8 aromatic carbocycles. The molecule has 51 heavy (non-hydrogen) atoms. The first-order valence-corrected chi connectivity index (χ1v) is 18.4. The fourth-order valence-corrected chi connectivity index (χ4v) is 9.24. The number of hydrogen-bond acceptors (Lipinski definition) is 3. The van der Waals surface area contributed by atoms with Gasteiger partial charge < -0.3 is 4.90 Å². The van der Waals surface area contributed by atoms with Gasteiger partial charge in [-0.1, -0.05) is 141 Å². The number of aromatic nitrogens is 1. The summed E-state index contributed by atoms with van der Waals surface area (Å²) in [5, 5.41) is 6.13. The molecule has 2 nitrogen and oxygen atoms in total. The van der Waals surface area contributed by atoms with Gasteiger partial charge in [0.2, 0.25) is 0 Å². The first-order valence-electron chi connectivity index (χ1n) is 17.5. The summed E-state index contributed by atoms with van der Waals surface area (Å²) in [5.41, 5.74) is 13.3. The Morgan fingerprint density at radius 3 is 1.88 bits per heavy atom. The molecule has 242 valence electrons. The topological polar surface area (TPSA) is 16.1 Å². The van der Waals surface area contributed by atoms with Gasteiger partial charge in [0.1, 0.15) is 5.01 Å². The van der Waals surface area contributed by atoms with Gasteiger partial charge >= 0.3 is 0 Å². The Bertz CT molecular complexity index is 2760. The Hall–Kier alpha value is -6.03. The first kappa shape index (κ1) is 29.8. The van der Waals surface area contributed by atoms with Crippen molar-refractivity contribution in [2.75, 3.05) is 4.90 Å². The normalized spacial score (nSPS) is 13.1. The molecular formula is C48H34N2S. The zero-order valence-corrected chi connectivity index (χ0v) is 29.3. The third-order valence-electron chi connectivity index (χ3n) is 10.6. The first-order chi connectivity index (χ1) is 25.0. The summed E-state index contributed by atoms with van der Waals surface area (Å²) < 4.78 is 1.25. The smallest absolute Gasteiger partial charge is 0.124 e. The Labute approximate surface area is 301 Å². The SMILES string of the molecule is CC1(C)c2cc(N(c3ccc(-c4ccccc4)cc3)c3ccc4ccccc4c3)ccc2-c2ccc3c(ccc4nc(-c5ccccc5)sc43)c21. The van der Waals surface area contributed by atoms with Crippen molar-refractivity contribution in [1.29, 1.82) is 0 Å². The highest BCUT2D eigenvalue weighted by atomic mass is 32.1. The minimum Gasteiger partial charge on any atom is -0.310 e. The second-order valence-corrected chi connectivity index (χ2v) is 15.0. The third-order valence-corrected chi connectivity index (χ3v) is 11.8. The Balaban J connectivity index is 1.11. The van der Waals surface area contributed by atoms with Crippen molar-refractivity contribution in [1.82, 2.24) is 4.98 Å². The maximum Gasteiger partial charge on any atom is 0.124 e. The van der Waals surface area contributed by atoms with Crippen LogP contribution in [-0.2, 0) is 5.41 Å². The lowest BCUT2D eigenvalue weighted by atomic mass is 9.80. The molecule has 1 heterocycles. The number of hydrogen-bond donors (Lipinski definition) is 0. The molecule has 1 aromatic heterocycles. The van der Waals surface area contributed by atoms with Gasteiger partial charge in [0.25, 0.3) is 0 Å². The van der Waals surface area contributed by atoms with Crippen LogP contribution in [0, 0.1) is 0 Å². The fourth-order valence-electron chi connectivity index (χ4n) is 8.15. The molecule has 0 atom stereocenters. The maximum atomic E-state index is 5.05. The maximum absolute atomic E-state index is 5.05. The highest BCUT2D eigenvalue weighted by Crippen LogP contribution is 2.54. The average Bonchev–Trinajstić information content (AvgIpc) is 3.73. The summed E-state index contributed by atoms with van der Waals surface area (Å²) in [6.45, 7) is 4.78. The van der Waals surface area contributed by atoms with Crippen molar-refractivity contribution in [2.45, 2.75) is 19.3 Å². The number of nitrogens with zero attached hydrogens (tertiary/aromatic N) is 2. The molecule has 0 spiro atoms. The zero-order valence-electron chi connectivity index (χ0n) is 28.5. The number of anilines is 3. The Morgan fingerprint density at radius 1 is 0.490 bits per heavy atom. The van der Waals surface area contributed by atoms with Crippen LogP contribution >= 0.6 is 11.3 Å². The number of rotatable bonds is 5. The standard InChI is InChI=1S/C48H34N2S/c1-48(2)43-30-38(50(37-22-19-32-13-9-10-16-35(32)29-37)36-20-17-33(18-21-36)31-11-5-3-6-12-31)23-24-39(43)40-25-26-42-41(45(40)48)27-28-44-46(42)51-47(49-44)34-14-7-4-8-15-34/h3-30H,1-2H3. The van der Waals surface area contributed by atoms with Gasteiger partial charge in [0.15, 0.2) is 0 Å². The van der Waals surface area contributed by atoms with E-state index in [1.807, 2.05) is 0 Å². The summed E-state index contributed by atoms with van der Waals surface area (Å²) in [4.78, 5) is 7.45. The summed E-state index contributed by atoms with van der Waals surface area (Å²) in [5.74, 6) is 0. The minimum atomic E-state index is -0.201. The molecular weight excluding hydrogens is 637 g/mol. The summed E-state index contributed by atoms with van der Waals surface area (Å²) in [7, 11) is 0. The molecule has 3 heteroatoms. The van der Waals surface area contributed by atoms with Gasteiger partial charge in [-0.2, -0.15) is 0 Å². The number of thiazole rings is 1. The van der Waals surface area contributed by atoms with Crippen LogP contribution < -0.4 is 4.90 Å². The fraction of sp³-hybridized carbons (Fsp3) is 0.0625. The van der Waals surface area contributed by atoms with E-state index in [0.29, 0.717) is 0 Å². The molecule has 0 fully saturated rings. The van der Waals surface area contributed by atoms with E-state index in [0.717, 1.165) is 27.6 Å². The second kappa shape index (κ2) is 11.5. The third kappa shape index (κ3) is 4.80. The van der Waals surface area contributed by atoms with E-state index in [9.17, 15) is 0 Å². The van der Waals surface area contributed by atoms with Crippen LogP contribution in [0.4, 0.5) is 17.1 Å². The summed E-state index contributed by atoms with van der Waals surface area (Å²) in [6.07, 6.45) is 0. The van der Waals surface area contributed by atoms with E-state index >= 15 is 0 Å². The van der Waals surface area contributed by atoms with Gasteiger partial charge in [-0.3, -0.25) is 0 Å². The van der Waals surface area contributed by atoms with Crippen molar-refractivity contribution in [3.8, 4) is 32.8 Å². The van der Waals surface area contributed by atoms with Crippen LogP contribution in [0.5, 0.6) is 0 Å². The molecule has 0 amide bonds. The van der Waals surface area contributed by atoms with E-state index in [-0.39, 0.29) is 5.41 Å². The molecule has 9 aromatic rings. The molecule has 0 radical (unpaired) electrons. The lowest BCUT2D eigenvalue weighted by Crippen LogP contribution is -2.17. The van der Waals surface area contributed by atoms with Crippen molar-refractivity contribution in [3.05, 3.63) is 181 Å². The van der Waals surface area contributed by atoms with E-state index < -0.39 is 0 Å². The highest BCUT2D eigenvalue weighted by Gasteiger charge is 2.38. The van der Waals surface area contributed by atoms with E-state index in [1.54, 1.807) is 11.3 Å². The molecule has 10 rings (SSSR count). The predicted octanol–water partition coefficient (Wildman–Crippen LogP) is 13.7. The van der Waals surface area contributed by atoms with E-state index in [1.165, 1.54) is 65.2 Å².